The molecule has 4 nitrogen and oxygen atoms in total. The van der Waals surface area contributed by atoms with Crippen LogP contribution in [0.1, 0.15) is 26.3 Å². The van der Waals surface area contributed by atoms with E-state index in [9.17, 15) is 0 Å². The van der Waals surface area contributed by atoms with Crippen molar-refractivity contribution in [1.82, 2.24) is 4.98 Å². The highest BCUT2D eigenvalue weighted by Crippen LogP contribution is 2.31. The fraction of sp³-hybridized carbons (Fsp3) is 0.615. The van der Waals surface area contributed by atoms with E-state index in [2.05, 4.69) is 4.98 Å². The van der Waals surface area contributed by atoms with Gasteiger partial charge in [-0.25, -0.2) is 0 Å². The van der Waals surface area contributed by atoms with Crippen LogP contribution in [0.3, 0.4) is 0 Å². The summed E-state index contributed by atoms with van der Waals surface area (Å²) >= 11 is 0. The molecule has 0 aliphatic rings. The first-order valence-corrected chi connectivity index (χ1v) is 7.66. The Bertz CT molecular complexity index is 328. The number of hydrogen-bond donors (Lipinski definition) is 0. The Morgan fingerprint density at radius 2 is 1.67 bits per heavy atom. The number of rotatable bonds is 8. The van der Waals surface area contributed by atoms with Crippen molar-refractivity contribution in [2.24, 2.45) is 0 Å². The van der Waals surface area contributed by atoms with Gasteiger partial charge in [0, 0.05) is 48.0 Å². The summed E-state index contributed by atoms with van der Waals surface area (Å²) in [5.74, 6) is -0.797. The second-order valence-electron chi connectivity index (χ2n) is 3.87. The molecule has 18 heavy (non-hydrogen) atoms. The largest absolute Gasteiger partial charge is 0.377 e. The molecule has 5 heteroatoms. The predicted molar refractivity (Wildman–Crippen MR) is 74.5 cm³/mol. The molecular formula is C13H23NO3Si. The Labute approximate surface area is 112 Å². The number of ether oxygens (including phenoxy) is 3. The van der Waals surface area contributed by atoms with Crippen LogP contribution in [-0.4, -0.2) is 40.8 Å². The summed E-state index contributed by atoms with van der Waals surface area (Å²) in [6.45, 7) is 7.73. The average molecular weight is 269 g/mol. The third-order valence-electron chi connectivity index (χ3n) is 2.75. The maximum atomic E-state index is 5.93. The fourth-order valence-corrected chi connectivity index (χ4v) is 3.05. The van der Waals surface area contributed by atoms with Crippen LogP contribution in [0, 0.1) is 0 Å². The molecule has 0 aliphatic heterocycles. The summed E-state index contributed by atoms with van der Waals surface area (Å²) in [6, 6.07) is 3.85. The second kappa shape index (κ2) is 7.63. The molecule has 0 aliphatic carbocycles. The number of nitrogens with zero attached hydrogens (tertiary/aromatic N) is 1. The molecule has 1 unspecified atom stereocenters. The van der Waals surface area contributed by atoms with E-state index in [0.29, 0.717) is 19.8 Å². The average Bonchev–Trinajstić information content (AvgIpc) is 2.39. The van der Waals surface area contributed by atoms with Gasteiger partial charge in [-0.1, -0.05) is 0 Å². The van der Waals surface area contributed by atoms with Gasteiger partial charge in [0.15, 0.2) is 0 Å². The van der Waals surface area contributed by atoms with Crippen molar-refractivity contribution in [2.75, 3.05) is 19.8 Å². The predicted octanol–water partition coefficient (Wildman–Crippen LogP) is 1.04. The lowest BCUT2D eigenvalue weighted by Gasteiger charge is -2.38. The SMILES string of the molecule is CCOC([SiH3])C(OCC)(OCC)c1ccncc1. The van der Waals surface area contributed by atoms with Gasteiger partial charge in [-0.05, 0) is 32.9 Å². The minimum atomic E-state index is -0.797. The monoisotopic (exact) mass is 269 g/mol. The Balaban J connectivity index is 3.11. The Morgan fingerprint density at radius 3 is 2.11 bits per heavy atom. The van der Waals surface area contributed by atoms with Gasteiger partial charge >= 0.3 is 0 Å². The molecule has 1 heterocycles. The van der Waals surface area contributed by atoms with Crippen molar-refractivity contribution >= 4 is 10.2 Å². The zero-order valence-corrected chi connectivity index (χ0v) is 13.7. The van der Waals surface area contributed by atoms with E-state index in [-0.39, 0.29) is 5.73 Å². The van der Waals surface area contributed by atoms with Crippen molar-refractivity contribution in [3.05, 3.63) is 30.1 Å². The van der Waals surface area contributed by atoms with Gasteiger partial charge in [-0.2, -0.15) is 0 Å². The summed E-state index contributed by atoms with van der Waals surface area (Å²) < 4.78 is 17.6. The van der Waals surface area contributed by atoms with Gasteiger partial charge in [0.25, 0.3) is 0 Å². The fourth-order valence-electron chi connectivity index (χ4n) is 2.05. The van der Waals surface area contributed by atoms with Crippen molar-refractivity contribution in [1.29, 1.82) is 0 Å². The molecular weight excluding hydrogens is 246 g/mol. The molecule has 1 atom stereocenters. The second-order valence-corrected chi connectivity index (χ2v) is 4.92. The third-order valence-corrected chi connectivity index (χ3v) is 3.85. The van der Waals surface area contributed by atoms with E-state index >= 15 is 0 Å². The summed E-state index contributed by atoms with van der Waals surface area (Å²) in [5, 5.41) is 0. The highest BCUT2D eigenvalue weighted by atomic mass is 28.1. The maximum Gasteiger partial charge on any atom is 0.218 e. The standard InChI is InChI=1S/C13H23NO3Si/c1-4-15-12(18)13(16-5-2,17-6-3)11-7-9-14-10-8-11/h7-10,12H,4-6H2,1-3,18H3. The van der Waals surface area contributed by atoms with Crippen LogP contribution >= 0.6 is 0 Å². The van der Waals surface area contributed by atoms with Crippen LogP contribution in [0.2, 0.25) is 0 Å². The van der Waals surface area contributed by atoms with Gasteiger partial charge in [-0.3, -0.25) is 4.98 Å². The Morgan fingerprint density at radius 1 is 1.11 bits per heavy atom. The first-order chi connectivity index (χ1) is 8.71. The van der Waals surface area contributed by atoms with Crippen LogP contribution in [0.4, 0.5) is 0 Å². The Kier molecular flexibility index (Phi) is 6.49. The first-order valence-electron chi connectivity index (χ1n) is 6.51. The van der Waals surface area contributed by atoms with Crippen LogP contribution in [0.25, 0.3) is 0 Å². The van der Waals surface area contributed by atoms with Crippen LogP contribution in [0.15, 0.2) is 24.5 Å². The summed E-state index contributed by atoms with van der Waals surface area (Å²) in [6.07, 6.45) is 3.50. The van der Waals surface area contributed by atoms with E-state index in [1.54, 1.807) is 12.4 Å². The van der Waals surface area contributed by atoms with Gasteiger partial charge in [0.2, 0.25) is 5.79 Å². The number of pyridine rings is 1. The molecule has 0 spiro atoms. The molecule has 0 radical (unpaired) electrons. The molecule has 1 aromatic rings. The third kappa shape index (κ3) is 3.38. The molecule has 0 fully saturated rings. The molecule has 0 amide bonds. The van der Waals surface area contributed by atoms with Crippen LogP contribution in [0.5, 0.6) is 0 Å². The van der Waals surface area contributed by atoms with Gasteiger partial charge in [-0.15, -0.1) is 0 Å². The van der Waals surface area contributed by atoms with E-state index < -0.39 is 5.79 Å². The number of hydrogen-bond acceptors (Lipinski definition) is 4. The highest BCUT2D eigenvalue weighted by Gasteiger charge is 2.40. The minimum Gasteiger partial charge on any atom is -0.377 e. The number of aromatic nitrogens is 1. The van der Waals surface area contributed by atoms with Crippen molar-refractivity contribution in [3.63, 3.8) is 0 Å². The zero-order valence-electron chi connectivity index (χ0n) is 11.7. The molecule has 1 aromatic heterocycles. The van der Waals surface area contributed by atoms with E-state index in [1.807, 2.05) is 32.9 Å². The van der Waals surface area contributed by atoms with Gasteiger partial charge in [0.05, 0.1) is 5.73 Å². The molecule has 0 N–H and O–H groups in total. The lowest BCUT2D eigenvalue weighted by Crippen LogP contribution is -2.46. The lowest BCUT2D eigenvalue weighted by molar-refractivity contribution is -0.279. The zero-order chi connectivity index (χ0) is 13.4. The quantitative estimate of drug-likeness (QED) is 0.522. The topological polar surface area (TPSA) is 40.6 Å². The summed E-state index contributed by atoms with van der Waals surface area (Å²) in [7, 11) is 0.827. The van der Waals surface area contributed by atoms with Crippen molar-refractivity contribution in [2.45, 2.75) is 32.3 Å². The molecule has 0 aromatic carbocycles. The summed E-state index contributed by atoms with van der Waals surface area (Å²) in [4.78, 5) is 4.04. The van der Waals surface area contributed by atoms with Gasteiger partial charge < -0.3 is 14.2 Å². The van der Waals surface area contributed by atoms with Gasteiger partial charge in [0.1, 0.15) is 0 Å². The first kappa shape index (κ1) is 15.3. The maximum absolute atomic E-state index is 5.93. The molecule has 1 rings (SSSR count). The van der Waals surface area contributed by atoms with Crippen molar-refractivity contribution in [3.8, 4) is 0 Å². The highest BCUT2D eigenvalue weighted by molar-refractivity contribution is 6.11. The van der Waals surface area contributed by atoms with E-state index in [4.69, 9.17) is 14.2 Å². The van der Waals surface area contributed by atoms with Crippen LogP contribution in [-0.2, 0) is 20.0 Å². The van der Waals surface area contributed by atoms with E-state index in [0.717, 1.165) is 15.8 Å². The molecule has 0 bridgehead atoms. The van der Waals surface area contributed by atoms with Crippen molar-refractivity contribution < 1.29 is 14.2 Å². The summed E-state index contributed by atoms with van der Waals surface area (Å²) in [5.41, 5.74) is 0.916. The smallest absolute Gasteiger partial charge is 0.218 e. The van der Waals surface area contributed by atoms with E-state index in [1.165, 1.54) is 0 Å². The normalized spacial score (nSPS) is 13.7. The molecule has 0 saturated carbocycles. The minimum absolute atomic E-state index is 0.0511. The van der Waals surface area contributed by atoms with Crippen LogP contribution < -0.4 is 0 Å². The Hall–Kier alpha value is -0.753. The molecule has 102 valence electrons. The molecule has 0 saturated heterocycles. The lowest BCUT2D eigenvalue weighted by atomic mass is 10.1.